The largest absolute Gasteiger partial charge is 0.339 e. The summed E-state index contributed by atoms with van der Waals surface area (Å²) < 4.78 is 0. The van der Waals surface area contributed by atoms with Crippen molar-refractivity contribution in [3.63, 3.8) is 0 Å². The van der Waals surface area contributed by atoms with Gasteiger partial charge in [0.25, 0.3) is 0 Å². The van der Waals surface area contributed by atoms with Crippen molar-refractivity contribution in [3.05, 3.63) is 48.0 Å². The first kappa shape index (κ1) is 18.2. The number of nitrogens with zero attached hydrogens (tertiary/aromatic N) is 3. The van der Waals surface area contributed by atoms with Gasteiger partial charge in [-0.3, -0.25) is 9.69 Å². The topological polar surface area (TPSA) is 26.8 Å². The van der Waals surface area contributed by atoms with Crippen molar-refractivity contribution in [2.45, 2.75) is 31.8 Å². The number of rotatable bonds is 5. The van der Waals surface area contributed by atoms with E-state index in [0.29, 0.717) is 12.0 Å². The summed E-state index contributed by atoms with van der Waals surface area (Å²) in [4.78, 5) is 19.2. The molecule has 25 heavy (non-hydrogen) atoms. The molecule has 2 aliphatic rings. The van der Waals surface area contributed by atoms with Crippen molar-refractivity contribution in [3.8, 4) is 0 Å². The minimum absolute atomic E-state index is 0.181. The molecule has 4 nitrogen and oxygen atoms in total. The van der Waals surface area contributed by atoms with Gasteiger partial charge in [-0.2, -0.15) is 0 Å². The van der Waals surface area contributed by atoms with Crippen LogP contribution in [0.25, 0.3) is 0 Å². The van der Waals surface area contributed by atoms with Gasteiger partial charge in [0.1, 0.15) is 0 Å². The van der Waals surface area contributed by atoms with Crippen molar-refractivity contribution in [1.82, 2.24) is 14.7 Å². The van der Waals surface area contributed by atoms with Gasteiger partial charge in [0.15, 0.2) is 0 Å². The second kappa shape index (κ2) is 8.63. The monoisotopic (exact) mass is 341 g/mol. The highest BCUT2D eigenvalue weighted by Crippen LogP contribution is 2.31. The Morgan fingerprint density at radius 3 is 2.76 bits per heavy atom. The fourth-order valence-corrected chi connectivity index (χ4v) is 4.19. The molecule has 0 aromatic heterocycles. The van der Waals surface area contributed by atoms with Gasteiger partial charge in [-0.05, 0) is 51.4 Å². The van der Waals surface area contributed by atoms with Crippen LogP contribution in [0.1, 0.15) is 24.8 Å². The molecule has 0 bridgehead atoms. The third-order valence-corrected chi connectivity index (χ3v) is 5.45. The van der Waals surface area contributed by atoms with E-state index in [9.17, 15) is 4.79 Å². The predicted molar refractivity (Wildman–Crippen MR) is 102 cm³/mol. The highest BCUT2D eigenvalue weighted by Gasteiger charge is 2.36. The van der Waals surface area contributed by atoms with Crippen molar-refractivity contribution in [2.24, 2.45) is 5.92 Å². The summed E-state index contributed by atoms with van der Waals surface area (Å²) in [6, 6.07) is 11.4. The van der Waals surface area contributed by atoms with Crippen molar-refractivity contribution < 1.29 is 4.79 Å². The number of fused-ring (bicyclic) bond motifs is 1. The Morgan fingerprint density at radius 1 is 1.20 bits per heavy atom. The maximum Gasteiger partial charge on any atom is 0.246 e. The highest BCUT2D eigenvalue weighted by atomic mass is 16.2. The third-order valence-electron chi connectivity index (χ3n) is 5.45. The van der Waals surface area contributed by atoms with E-state index >= 15 is 0 Å². The first-order valence-electron chi connectivity index (χ1n) is 9.51. The summed E-state index contributed by atoms with van der Waals surface area (Å²) in [5.74, 6) is 0.804. The lowest BCUT2D eigenvalue weighted by molar-refractivity contribution is -0.129. The summed E-state index contributed by atoms with van der Waals surface area (Å²) in [6.45, 7) is 4.85. The average Bonchev–Trinajstić information content (AvgIpc) is 2.62. The Kier molecular flexibility index (Phi) is 6.27. The molecule has 2 unspecified atom stereocenters. The fraction of sp³-hybridized carbons (Fsp3) is 0.571. The van der Waals surface area contributed by atoms with E-state index in [2.05, 4.69) is 45.0 Å². The number of likely N-dealkylation sites (N-methyl/N-ethyl adjacent to an activating group) is 1. The van der Waals surface area contributed by atoms with Crippen LogP contribution < -0.4 is 0 Å². The Morgan fingerprint density at radius 2 is 2.00 bits per heavy atom. The lowest BCUT2D eigenvalue weighted by Gasteiger charge is -2.47. The number of carbonyl (C=O) groups is 1. The van der Waals surface area contributed by atoms with Crippen LogP contribution in [-0.4, -0.2) is 66.9 Å². The molecule has 2 saturated heterocycles. The van der Waals surface area contributed by atoms with E-state index in [4.69, 9.17) is 0 Å². The summed E-state index contributed by atoms with van der Waals surface area (Å²) in [5.41, 5.74) is 1.40. The van der Waals surface area contributed by atoms with Crippen LogP contribution >= 0.6 is 0 Å². The van der Waals surface area contributed by atoms with E-state index in [0.717, 1.165) is 32.6 Å². The fourth-order valence-electron chi connectivity index (χ4n) is 4.19. The Balaban J connectivity index is 1.57. The Labute approximate surface area is 152 Å². The normalized spacial score (nSPS) is 24.7. The van der Waals surface area contributed by atoms with Crippen molar-refractivity contribution in [1.29, 1.82) is 0 Å². The molecule has 2 heterocycles. The van der Waals surface area contributed by atoms with Crippen LogP contribution in [0.2, 0.25) is 0 Å². The maximum atomic E-state index is 12.4. The second-order valence-corrected chi connectivity index (χ2v) is 7.66. The van der Waals surface area contributed by atoms with E-state index < -0.39 is 0 Å². The minimum atomic E-state index is 0.181. The molecule has 4 heteroatoms. The zero-order chi connectivity index (χ0) is 17.6. The van der Waals surface area contributed by atoms with Crippen LogP contribution in [0, 0.1) is 5.92 Å². The molecule has 2 atom stereocenters. The number of carbonyl (C=O) groups excluding carboxylic acids is 1. The smallest absolute Gasteiger partial charge is 0.246 e. The van der Waals surface area contributed by atoms with Crippen LogP contribution in [-0.2, 0) is 11.3 Å². The standard InChI is InChI=1S/C21H31N3O/c1-22(2)13-7-11-21(25)24-15-12-20-19(17-24)10-6-14-23(20)16-18-8-4-3-5-9-18/h3-5,7-9,11,19-20H,6,10,12-17H2,1-2H3/b11-7+. The first-order valence-corrected chi connectivity index (χ1v) is 9.51. The molecule has 0 radical (unpaired) electrons. The minimum Gasteiger partial charge on any atom is -0.339 e. The SMILES string of the molecule is CN(C)C/C=C/C(=O)N1CCC2C(CCCN2Cc2ccccc2)C1. The molecule has 136 valence electrons. The zero-order valence-electron chi connectivity index (χ0n) is 15.6. The Bertz CT molecular complexity index is 584. The molecule has 3 rings (SSSR count). The molecule has 1 aromatic carbocycles. The highest BCUT2D eigenvalue weighted by molar-refractivity contribution is 5.87. The van der Waals surface area contributed by atoms with Crippen molar-refractivity contribution >= 4 is 5.91 Å². The molecule has 0 aliphatic carbocycles. The lowest BCUT2D eigenvalue weighted by atomic mass is 9.83. The van der Waals surface area contributed by atoms with Crippen LogP contribution in [0.15, 0.2) is 42.5 Å². The summed E-state index contributed by atoms with van der Waals surface area (Å²) in [7, 11) is 4.04. The lowest BCUT2D eigenvalue weighted by Crippen LogP contribution is -2.54. The molecule has 0 N–H and O–H groups in total. The van der Waals surface area contributed by atoms with E-state index in [1.807, 2.05) is 20.2 Å². The van der Waals surface area contributed by atoms with Gasteiger partial charge in [-0.25, -0.2) is 0 Å². The summed E-state index contributed by atoms with van der Waals surface area (Å²) in [5, 5.41) is 0. The number of amides is 1. The van der Waals surface area contributed by atoms with E-state index in [1.165, 1.54) is 24.9 Å². The Hall–Kier alpha value is -1.65. The van der Waals surface area contributed by atoms with Gasteiger partial charge in [-0.15, -0.1) is 0 Å². The van der Waals surface area contributed by atoms with Gasteiger partial charge >= 0.3 is 0 Å². The van der Waals surface area contributed by atoms with Gasteiger partial charge in [0.2, 0.25) is 5.91 Å². The van der Waals surface area contributed by atoms with Gasteiger partial charge < -0.3 is 9.80 Å². The zero-order valence-corrected chi connectivity index (χ0v) is 15.6. The second-order valence-electron chi connectivity index (χ2n) is 7.66. The van der Waals surface area contributed by atoms with E-state index in [-0.39, 0.29) is 5.91 Å². The average molecular weight is 341 g/mol. The molecule has 2 fully saturated rings. The predicted octanol–water partition coefficient (Wildman–Crippen LogP) is 2.62. The number of likely N-dealkylation sites (tertiary alicyclic amines) is 2. The molecular formula is C21H31N3O. The van der Waals surface area contributed by atoms with Gasteiger partial charge in [0, 0.05) is 38.3 Å². The molecule has 2 aliphatic heterocycles. The van der Waals surface area contributed by atoms with Crippen molar-refractivity contribution in [2.75, 3.05) is 40.3 Å². The van der Waals surface area contributed by atoms with Gasteiger partial charge in [0.05, 0.1) is 0 Å². The number of piperidine rings is 2. The third kappa shape index (κ3) is 4.93. The molecule has 0 saturated carbocycles. The number of benzene rings is 1. The maximum absolute atomic E-state index is 12.4. The molecule has 0 spiro atoms. The number of hydrogen-bond acceptors (Lipinski definition) is 3. The van der Waals surface area contributed by atoms with E-state index in [1.54, 1.807) is 6.08 Å². The van der Waals surface area contributed by atoms with Crippen LogP contribution in [0.3, 0.4) is 0 Å². The quantitative estimate of drug-likeness (QED) is 0.770. The molecule has 1 amide bonds. The van der Waals surface area contributed by atoms with Crippen LogP contribution in [0.4, 0.5) is 0 Å². The number of hydrogen-bond donors (Lipinski definition) is 0. The first-order chi connectivity index (χ1) is 12.1. The molecular weight excluding hydrogens is 310 g/mol. The van der Waals surface area contributed by atoms with Crippen LogP contribution in [0.5, 0.6) is 0 Å². The molecule has 1 aromatic rings. The summed E-state index contributed by atoms with van der Waals surface area (Å²) in [6.07, 6.45) is 7.32. The van der Waals surface area contributed by atoms with Gasteiger partial charge in [-0.1, -0.05) is 36.4 Å². The summed E-state index contributed by atoms with van der Waals surface area (Å²) >= 11 is 0.